The van der Waals surface area contributed by atoms with Crippen LogP contribution in [0.2, 0.25) is 5.28 Å². The molecule has 1 aromatic carbocycles. The number of benzene rings is 1. The molecule has 0 amide bonds. The first-order chi connectivity index (χ1) is 17.6. The summed E-state index contributed by atoms with van der Waals surface area (Å²) in [4.78, 5) is 23.3. The Balaban J connectivity index is 1.71. The summed E-state index contributed by atoms with van der Waals surface area (Å²) in [6.07, 6.45) is 9.12. The van der Waals surface area contributed by atoms with Gasteiger partial charge in [0.1, 0.15) is 17.2 Å². The fraction of sp³-hybridized carbons (Fsp3) is 0.571. The number of hydrogen-bond acceptors (Lipinski definition) is 7. The summed E-state index contributed by atoms with van der Waals surface area (Å²) >= 11 is 10.0. The second-order valence-electron chi connectivity index (χ2n) is 10.7. The molecule has 1 fully saturated rings. The minimum atomic E-state index is -0.480. The molecule has 0 bridgehead atoms. The quantitative estimate of drug-likeness (QED) is 0.132. The van der Waals surface area contributed by atoms with Gasteiger partial charge < -0.3 is 15.0 Å². The summed E-state index contributed by atoms with van der Waals surface area (Å²) in [5, 5.41) is 8.14. The Morgan fingerprint density at radius 1 is 1.27 bits per heavy atom. The fourth-order valence-corrected chi connectivity index (χ4v) is 5.34. The highest BCUT2D eigenvalue weighted by Crippen LogP contribution is 2.33. The van der Waals surface area contributed by atoms with Crippen molar-refractivity contribution in [3.8, 4) is 0 Å². The van der Waals surface area contributed by atoms with Gasteiger partial charge in [-0.15, -0.1) is 0 Å². The highest BCUT2D eigenvalue weighted by molar-refractivity contribution is 9.10. The lowest BCUT2D eigenvalue weighted by Gasteiger charge is -2.24. The lowest BCUT2D eigenvalue weighted by molar-refractivity contribution is -0.154. The van der Waals surface area contributed by atoms with Crippen molar-refractivity contribution in [3.05, 3.63) is 40.7 Å². The van der Waals surface area contributed by atoms with E-state index in [1.54, 1.807) is 3.93 Å². The van der Waals surface area contributed by atoms with Gasteiger partial charge in [0.05, 0.1) is 21.8 Å². The average molecular weight is 593 g/mol. The summed E-state index contributed by atoms with van der Waals surface area (Å²) in [6.45, 7) is 9.79. The summed E-state index contributed by atoms with van der Waals surface area (Å²) in [5.74, 6) is 2.05. The third kappa shape index (κ3) is 8.95. The van der Waals surface area contributed by atoms with Gasteiger partial charge in [-0.1, -0.05) is 25.8 Å². The molecule has 1 atom stereocenters. The van der Waals surface area contributed by atoms with E-state index >= 15 is 0 Å². The van der Waals surface area contributed by atoms with Gasteiger partial charge in [0, 0.05) is 31.8 Å². The number of carbonyl (C=O) groups is 1. The Morgan fingerprint density at radius 2 is 2.05 bits per heavy atom. The topological polar surface area (TPSA) is 82.4 Å². The van der Waals surface area contributed by atoms with E-state index in [9.17, 15) is 4.79 Å². The molecule has 3 rings (SSSR count). The zero-order valence-corrected chi connectivity index (χ0v) is 24.7. The van der Waals surface area contributed by atoms with Crippen molar-refractivity contribution in [2.24, 2.45) is 5.92 Å². The SMILES string of the molecule is CCCC1CCCN(c2cc(N(Br)c3ccc(CCCC(=O)OC(C)(C)C)c(C=N)c3)nc(Cl)n2)CC1. The monoisotopic (exact) mass is 591 g/mol. The van der Waals surface area contributed by atoms with Gasteiger partial charge in [-0.3, -0.25) is 8.72 Å². The molecule has 1 N–H and O–H groups in total. The van der Waals surface area contributed by atoms with Crippen LogP contribution in [-0.2, 0) is 16.0 Å². The van der Waals surface area contributed by atoms with Crippen LogP contribution < -0.4 is 8.83 Å². The van der Waals surface area contributed by atoms with Gasteiger partial charge in [-0.25, -0.2) is 4.98 Å². The van der Waals surface area contributed by atoms with E-state index in [0.717, 1.165) is 48.1 Å². The largest absolute Gasteiger partial charge is 0.460 e. The number of ether oxygens (including phenoxy) is 1. The van der Waals surface area contributed by atoms with Gasteiger partial charge in [0.2, 0.25) is 5.28 Å². The van der Waals surface area contributed by atoms with E-state index < -0.39 is 5.60 Å². The van der Waals surface area contributed by atoms with Gasteiger partial charge in [-0.05, 0) is 93.7 Å². The predicted molar refractivity (Wildman–Crippen MR) is 156 cm³/mol. The molecule has 9 heteroatoms. The van der Waals surface area contributed by atoms with Crippen LogP contribution in [0.1, 0.15) is 83.8 Å². The molecule has 1 unspecified atom stereocenters. The number of anilines is 3. The molecule has 37 heavy (non-hydrogen) atoms. The molecule has 7 nitrogen and oxygen atoms in total. The molecule has 0 saturated carbocycles. The van der Waals surface area contributed by atoms with Crippen LogP contribution in [0, 0.1) is 11.3 Å². The second-order valence-corrected chi connectivity index (χ2v) is 11.7. The Kier molecular flexibility index (Phi) is 10.8. The van der Waals surface area contributed by atoms with Crippen molar-refractivity contribution in [3.63, 3.8) is 0 Å². The van der Waals surface area contributed by atoms with E-state index in [1.165, 1.54) is 31.9 Å². The van der Waals surface area contributed by atoms with Gasteiger partial charge in [0.25, 0.3) is 0 Å². The average Bonchev–Trinajstić information content (AvgIpc) is 3.08. The Bertz CT molecular complexity index is 1080. The predicted octanol–water partition coefficient (Wildman–Crippen LogP) is 7.65. The summed E-state index contributed by atoms with van der Waals surface area (Å²) in [5.41, 5.74) is 2.15. The van der Waals surface area contributed by atoms with E-state index in [4.69, 9.17) is 21.7 Å². The van der Waals surface area contributed by atoms with Crippen LogP contribution in [-0.4, -0.2) is 40.8 Å². The maximum absolute atomic E-state index is 12.0. The zero-order valence-electron chi connectivity index (χ0n) is 22.4. The third-order valence-electron chi connectivity index (χ3n) is 6.50. The molecule has 1 aliphatic heterocycles. The number of aryl methyl sites for hydroxylation is 1. The summed E-state index contributed by atoms with van der Waals surface area (Å²) < 4.78 is 7.19. The highest BCUT2D eigenvalue weighted by Gasteiger charge is 2.21. The van der Waals surface area contributed by atoms with Crippen LogP contribution in [0.3, 0.4) is 0 Å². The lowest BCUT2D eigenvalue weighted by Crippen LogP contribution is -2.25. The van der Waals surface area contributed by atoms with Gasteiger partial charge >= 0.3 is 5.97 Å². The number of esters is 1. The third-order valence-corrected chi connectivity index (χ3v) is 7.44. The molecule has 1 aromatic heterocycles. The molecular formula is C28H39BrClN5O2. The summed E-state index contributed by atoms with van der Waals surface area (Å²) in [7, 11) is 0. The number of rotatable bonds is 10. The van der Waals surface area contributed by atoms with Crippen LogP contribution in [0.5, 0.6) is 0 Å². The number of halogens is 2. The first-order valence-corrected chi connectivity index (χ1v) is 14.3. The second kappa shape index (κ2) is 13.6. The Morgan fingerprint density at radius 3 is 2.76 bits per heavy atom. The van der Waals surface area contributed by atoms with Crippen molar-refractivity contribution in [2.45, 2.75) is 84.7 Å². The number of hydrogen-bond donors (Lipinski definition) is 1. The number of aromatic nitrogens is 2. The molecule has 1 saturated heterocycles. The van der Waals surface area contributed by atoms with Crippen molar-refractivity contribution < 1.29 is 9.53 Å². The molecular weight excluding hydrogens is 554 g/mol. The van der Waals surface area contributed by atoms with Gasteiger partial charge in [0.15, 0.2) is 0 Å². The van der Waals surface area contributed by atoms with Crippen LogP contribution >= 0.6 is 27.7 Å². The number of carbonyl (C=O) groups excluding carboxylic acids is 1. The molecule has 0 spiro atoms. The smallest absolute Gasteiger partial charge is 0.306 e. The molecule has 1 aliphatic rings. The summed E-state index contributed by atoms with van der Waals surface area (Å²) in [6, 6.07) is 7.86. The molecule has 0 aliphatic carbocycles. The highest BCUT2D eigenvalue weighted by atomic mass is 79.9. The minimum absolute atomic E-state index is 0.200. The van der Waals surface area contributed by atoms with E-state index in [2.05, 4.69) is 37.9 Å². The van der Waals surface area contributed by atoms with E-state index in [0.29, 0.717) is 25.1 Å². The van der Waals surface area contributed by atoms with E-state index in [-0.39, 0.29) is 11.3 Å². The lowest BCUT2D eigenvalue weighted by atomic mass is 9.96. The van der Waals surface area contributed by atoms with Crippen molar-refractivity contribution in [2.75, 3.05) is 21.9 Å². The normalized spacial score (nSPS) is 16.3. The maximum Gasteiger partial charge on any atom is 0.306 e. The molecule has 2 aromatic rings. The van der Waals surface area contributed by atoms with Crippen molar-refractivity contribution in [1.82, 2.24) is 9.97 Å². The maximum atomic E-state index is 12.0. The molecule has 2 heterocycles. The van der Waals surface area contributed by atoms with Crippen LogP contribution in [0.15, 0.2) is 24.3 Å². The number of nitrogens with zero attached hydrogens (tertiary/aromatic N) is 4. The van der Waals surface area contributed by atoms with Crippen molar-refractivity contribution in [1.29, 1.82) is 5.41 Å². The first kappa shape index (κ1) is 29.4. The van der Waals surface area contributed by atoms with Crippen LogP contribution in [0.25, 0.3) is 0 Å². The van der Waals surface area contributed by atoms with Crippen molar-refractivity contribution >= 4 is 57.3 Å². The van der Waals surface area contributed by atoms with Gasteiger partial charge in [-0.2, -0.15) is 4.98 Å². The standard InChI is InChI=1S/C28H39BrClN5O2/c1-5-8-20-9-7-15-34(16-14-20)24-18-25(33-27(30)32-24)35(29)23-13-12-21(22(17-23)19-31)10-6-11-26(36)37-28(2,3)4/h12-13,17-20,31H,5-11,14-16H2,1-4H3. The first-order valence-electron chi connectivity index (χ1n) is 13.2. The Labute approximate surface area is 234 Å². The molecule has 0 radical (unpaired) electrons. The molecule has 202 valence electrons. The van der Waals surface area contributed by atoms with E-state index in [1.807, 2.05) is 45.0 Å². The fourth-order valence-electron chi connectivity index (χ4n) is 4.76. The number of nitrogens with one attached hydrogen (secondary N) is 1. The Hall–Kier alpha value is -2.19. The van der Waals surface area contributed by atoms with Crippen LogP contribution in [0.4, 0.5) is 17.3 Å². The minimum Gasteiger partial charge on any atom is -0.460 e. The zero-order chi connectivity index (χ0) is 27.0.